The van der Waals surface area contributed by atoms with Crippen molar-refractivity contribution in [3.63, 3.8) is 0 Å². The number of hydrogen-bond acceptors (Lipinski definition) is 2. The third-order valence-electron chi connectivity index (χ3n) is 4.11. The molecule has 1 amide bonds. The number of amides is 1. The fourth-order valence-corrected chi connectivity index (χ4v) is 2.89. The first kappa shape index (κ1) is 15.3. The minimum atomic E-state index is -0.0729. The zero-order valence-corrected chi connectivity index (χ0v) is 13.5. The van der Waals surface area contributed by atoms with Gasteiger partial charge in [-0.3, -0.25) is 9.78 Å². The van der Waals surface area contributed by atoms with E-state index >= 15 is 0 Å². The zero-order chi connectivity index (χ0) is 16.2. The summed E-state index contributed by atoms with van der Waals surface area (Å²) >= 11 is 0. The number of aromatic nitrogens is 2. The van der Waals surface area contributed by atoms with Gasteiger partial charge in [-0.05, 0) is 37.1 Å². The van der Waals surface area contributed by atoms with Crippen molar-refractivity contribution in [2.45, 2.75) is 25.8 Å². The smallest absolute Gasteiger partial charge is 0.220 e. The lowest BCUT2D eigenvalue weighted by atomic mass is 10.1. The molecule has 1 atom stereocenters. The molecule has 0 aliphatic rings. The number of hydrogen-bond donors (Lipinski definition) is 1. The normalized spacial score (nSPS) is 12.3. The standard InChI is InChI=1S/C19H21N3O/c1-14(17-8-5-6-12-20-17)21-19(23)11-10-15-13-22(2)18-9-4-3-7-16(15)18/h3-9,12-14H,10-11H2,1-2H3,(H,21,23). The Morgan fingerprint density at radius 2 is 2.00 bits per heavy atom. The van der Waals surface area contributed by atoms with Gasteiger partial charge in [0.05, 0.1) is 11.7 Å². The molecular weight excluding hydrogens is 286 g/mol. The molecule has 23 heavy (non-hydrogen) atoms. The van der Waals surface area contributed by atoms with Crippen LogP contribution in [0.2, 0.25) is 0 Å². The Bertz CT molecular complexity index is 808. The molecule has 0 bridgehead atoms. The average Bonchev–Trinajstić information content (AvgIpc) is 2.90. The molecule has 3 aromatic rings. The van der Waals surface area contributed by atoms with E-state index in [4.69, 9.17) is 0 Å². The van der Waals surface area contributed by atoms with Crippen molar-refractivity contribution >= 4 is 16.8 Å². The molecule has 0 spiro atoms. The molecule has 1 N–H and O–H groups in total. The molecule has 118 valence electrons. The van der Waals surface area contributed by atoms with Crippen molar-refractivity contribution < 1.29 is 4.79 Å². The molecule has 1 aromatic carbocycles. The van der Waals surface area contributed by atoms with Gasteiger partial charge < -0.3 is 9.88 Å². The number of fused-ring (bicyclic) bond motifs is 1. The molecule has 0 fully saturated rings. The first-order chi connectivity index (χ1) is 11.1. The van der Waals surface area contributed by atoms with Crippen molar-refractivity contribution in [2.75, 3.05) is 0 Å². The Balaban J connectivity index is 1.62. The molecule has 3 rings (SSSR count). The van der Waals surface area contributed by atoms with Crippen molar-refractivity contribution in [3.8, 4) is 0 Å². The third kappa shape index (κ3) is 3.42. The summed E-state index contributed by atoms with van der Waals surface area (Å²) in [6.45, 7) is 1.96. The summed E-state index contributed by atoms with van der Waals surface area (Å²) in [5.74, 6) is 0.0519. The summed E-state index contributed by atoms with van der Waals surface area (Å²) < 4.78 is 2.11. The van der Waals surface area contributed by atoms with E-state index in [0.29, 0.717) is 6.42 Å². The van der Waals surface area contributed by atoms with Gasteiger partial charge in [-0.25, -0.2) is 0 Å². The topological polar surface area (TPSA) is 46.9 Å². The van der Waals surface area contributed by atoms with Gasteiger partial charge in [0.1, 0.15) is 0 Å². The lowest BCUT2D eigenvalue weighted by molar-refractivity contribution is -0.121. The van der Waals surface area contributed by atoms with Gasteiger partial charge in [0.15, 0.2) is 0 Å². The predicted octanol–water partition coefficient (Wildman–Crippen LogP) is 3.38. The van der Waals surface area contributed by atoms with E-state index < -0.39 is 0 Å². The quantitative estimate of drug-likeness (QED) is 0.785. The second-order valence-electron chi connectivity index (χ2n) is 5.83. The number of carbonyl (C=O) groups is 1. The maximum atomic E-state index is 12.2. The van der Waals surface area contributed by atoms with Crippen LogP contribution in [-0.4, -0.2) is 15.5 Å². The lowest BCUT2D eigenvalue weighted by Gasteiger charge is -2.13. The van der Waals surface area contributed by atoms with E-state index in [1.807, 2.05) is 44.3 Å². The Hall–Kier alpha value is -2.62. The number of benzene rings is 1. The molecule has 2 aromatic heterocycles. The van der Waals surface area contributed by atoms with Gasteiger partial charge in [-0.15, -0.1) is 0 Å². The molecule has 0 aliphatic heterocycles. The first-order valence-corrected chi connectivity index (χ1v) is 7.88. The van der Waals surface area contributed by atoms with E-state index in [2.05, 4.69) is 33.2 Å². The van der Waals surface area contributed by atoms with Crippen LogP contribution in [0.5, 0.6) is 0 Å². The fourth-order valence-electron chi connectivity index (χ4n) is 2.89. The van der Waals surface area contributed by atoms with Crippen LogP contribution in [0.4, 0.5) is 0 Å². The number of aryl methyl sites for hydroxylation is 2. The summed E-state index contributed by atoms with van der Waals surface area (Å²) in [5.41, 5.74) is 3.29. The first-order valence-electron chi connectivity index (χ1n) is 7.88. The molecule has 0 saturated heterocycles. The van der Waals surface area contributed by atoms with Gasteiger partial charge in [-0.2, -0.15) is 0 Å². The minimum Gasteiger partial charge on any atom is -0.350 e. The highest BCUT2D eigenvalue weighted by atomic mass is 16.1. The fraction of sp³-hybridized carbons (Fsp3) is 0.263. The van der Waals surface area contributed by atoms with Gasteiger partial charge in [0.25, 0.3) is 0 Å². The van der Waals surface area contributed by atoms with Crippen molar-refractivity contribution in [2.24, 2.45) is 7.05 Å². The Morgan fingerprint density at radius 1 is 1.22 bits per heavy atom. The van der Waals surface area contributed by atoms with Crippen LogP contribution in [0.25, 0.3) is 10.9 Å². The highest BCUT2D eigenvalue weighted by Crippen LogP contribution is 2.21. The monoisotopic (exact) mass is 307 g/mol. The van der Waals surface area contributed by atoms with Gasteiger partial charge in [0.2, 0.25) is 5.91 Å². The lowest BCUT2D eigenvalue weighted by Crippen LogP contribution is -2.27. The number of nitrogens with one attached hydrogen (secondary N) is 1. The predicted molar refractivity (Wildman–Crippen MR) is 92.0 cm³/mol. The second-order valence-corrected chi connectivity index (χ2v) is 5.83. The van der Waals surface area contributed by atoms with Crippen molar-refractivity contribution in [1.29, 1.82) is 0 Å². The van der Waals surface area contributed by atoms with E-state index in [-0.39, 0.29) is 11.9 Å². The van der Waals surface area contributed by atoms with Crippen molar-refractivity contribution in [1.82, 2.24) is 14.9 Å². The number of carbonyl (C=O) groups excluding carboxylic acids is 1. The second kappa shape index (κ2) is 6.65. The van der Waals surface area contributed by atoms with Crippen LogP contribution in [0.1, 0.15) is 30.6 Å². The van der Waals surface area contributed by atoms with E-state index in [1.165, 1.54) is 16.5 Å². The maximum absolute atomic E-state index is 12.2. The van der Waals surface area contributed by atoms with E-state index in [1.54, 1.807) is 6.20 Å². The summed E-state index contributed by atoms with van der Waals surface area (Å²) in [5, 5.41) is 4.24. The Labute approximate surface area is 136 Å². The Kier molecular flexibility index (Phi) is 4.42. The summed E-state index contributed by atoms with van der Waals surface area (Å²) in [4.78, 5) is 16.5. The van der Waals surface area contributed by atoms with E-state index in [0.717, 1.165) is 12.1 Å². The number of nitrogens with zero attached hydrogens (tertiary/aromatic N) is 2. The third-order valence-corrected chi connectivity index (χ3v) is 4.11. The molecule has 2 heterocycles. The highest BCUT2D eigenvalue weighted by molar-refractivity contribution is 5.85. The molecule has 0 saturated carbocycles. The largest absolute Gasteiger partial charge is 0.350 e. The molecule has 0 radical (unpaired) electrons. The molecule has 0 aliphatic carbocycles. The summed E-state index contributed by atoms with van der Waals surface area (Å²) in [7, 11) is 2.04. The number of rotatable bonds is 5. The van der Waals surface area contributed by atoms with Crippen LogP contribution in [0, 0.1) is 0 Å². The summed E-state index contributed by atoms with van der Waals surface area (Å²) in [6, 6.07) is 13.9. The molecular formula is C19H21N3O. The summed E-state index contributed by atoms with van der Waals surface area (Å²) in [6.07, 6.45) is 5.07. The number of para-hydroxylation sites is 1. The van der Waals surface area contributed by atoms with Crippen LogP contribution >= 0.6 is 0 Å². The van der Waals surface area contributed by atoms with Gasteiger partial charge >= 0.3 is 0 Å². The van der Waals surface area contributed by atoms with E-state index in [9.17, 15) is 4.79 Å². The highest BCUT2D eigenvalue weighted by Gasteiger charge is 2.12. The minimum absolute atomic E-state index is 0.0519. The van der Waals surface area contributed by atoms with Crippen LogP contribution in [0.15, 0.2) is 54.9 Å². The molecule has 4 heteroatoms. The Morgan fingerprint density at radius 3 is 2.78 bits per heavy atom. The number of pyridine rings is 1. The van der Waals surface area contributed by atoms with Gasteiger partial charge in [-0.1, -0.05) is 24.3 Å². The van der Waals surface area contributed by atoms with Gasteiger partial charge in [0, 0.05) is 36.8 Å². The average molecular weight is 307 g/mol. The van der Waals surface area contributed by atoms with Crippen LogP contribution in [0.3, 0.4) is 0 Å². The molecule has 1 unspecified atom stereocenters. The van der Waals surface area contributed by atoms with Crippen molar-refractivity contribution in [3.05, 3.63) is 66.1 Å². The SMILES string of the molecule is CC(NC(=O)CCc1cn(C)c2ccccc12)c1ccccn1. The zero-order valence-electron chi connectivity index (χ0n) is 13.5. The maximum Gasteiger partial charge on any atom is 0.220 e. The van der Waals surface area contributed by atoms with Crippen LogP contribution in [-0.2, 0) is 18.3 Å². The molecule has 4 nitrogen and oxygen atoms in total. The van der Waals surface area contributed by atoms with Crippen LogP contribution < -0.4 is 5.32 Å².